The van der Waals surface area contributed by atoms with E-state index in [2.05, 4.69) is 57.2 Å². The molecule has 0 aliphatic rings. The van der Waals surface area contributed by atoms with Crippen molar-refractivity contribution in [2.45, 2.75) is 39.0 Å². The van der Waals surface area contributed by atoms with Gasteiger partial charge in [0, 0.05) is 41.1 Å². The summed E-state index contributed by atoms with van der Waals surface area (Å²) in [5.41, 5.74) is 5.01. The fraction of sp³-hybridized carbons (Fsp3) is 0.318. The van der Waals surface area contributed by atoms with Crippen LogP contribution in [0.1, 0.15) is 26.3 Å². The first-order valence-corrected chi connectivity index (χ1v) is 10.1. The molecule has 0 fully saturated rings. The lowest BCUT2D eigenvalue weighted by Crippen LogP contribution is -2.36. The summed E-state index contributed by atoms with van der Waals surface area (Å²) < 4.78 is 36.0. The topological polar surface area (TPSA) is 82.9 Å². The van der Waals surface area contributed by atoms with Gasteiger partial charge in [0.05, 0.1) is 11.7 Å². The van der Waals surface area contributed by atoms with Gasteiger partial charge < -0.3 is 15.6 Å². The van der Waals surface area contributed by atoms with Crippen LogP contribution in [0, 0.1) is 0 Å². The number of H-pyrrole nitrogens is 1. The highest BCUT2D eigenvalue weighted by atomic mass is 19.4. The molecular weight excluding hydrogens is 419 g/mol. The van der Waals surface area contributed by atoms with E-state index in [9.17, 15) is 13.2 Å². The number of hydrogen-bond donors (Lipinski definition) is 3. The first-order valence-electron chi connectivity index (χ1n) is 10.1. The van der Waals surface area contributed by atoms with E-state index in [0.29, 0.717) is 12.0 Å². The lowest BCUT2D eigenvalue weighted by Gasteiger charge is -2.13. The maximum Gasteiger partial charge on any atom is 0.403 e. The summed E-state index contributed by atoms with van der Waals surface area (Å²) in [6, 6.07) is 3.03. The minimum Gasteiger partial charge on any atom is -0.352 e. The molecule has 4 aromatic heterocycles. The summed E-state index contributed by atoms with van der Waals surface area (Å²) in [4.78, 5) is 12.2. The Hall–Kier alpha value is -3.40. The second-order valence-electron chi connectivity index (χ2n) is 7.56. The maximum atomic E-state index is 11.4. The van der Waals surface area contributed by atoms with Crippen molar-refractivity contribution < 1.29 is 13.2 Å². The van der Waals surface area contributed by atoms with Crippen molar-refractivity contribution in [3.8, 4) is 11.1 Å². The molecular formula is C22H26F3N7. The smallest absolute Gasteiger partial charge is 0.352 e. The Morgan fingerprint density at radius 1 is 1.22 bits per heavy atom. The number of aromatic nitrogens is 5. The highest BCUT2D eigenvalue weighted by molar-refractivity contribution is 5.94. The van der Waals surface area contributed by atoms with Gasteiger partial charge in [0.25, 0.3) is 0 Å². The average molecular weight is 445 g/mol. The van der Waals surface area contributed by atoms with Crippen LogP contribution in [0.2, 0.25) is 0 Å². The standard InChI is InChI=1S/C18H18N6.C4H8F3N/c1-4-12-8-21-24-6-5-13(7-16(12)24)14-9-19-17-15(14)10-20-18(23-17)22-11(2)3;1-3(8-2)4(5,6)7/h4-11H,1H2,2-3H3,(H2,19,20,22,23);3,8H,1-2H3. The molecule has 0 aliphatic heterocycles. The number of fused-ring (bicyclic) bond motifs is 2. The summed E-state index contributed by atoms with van der Waals surface area (Å²) >= 11 is 0. The molecule has 0 aromatic carbocycles. The number of nitrogens with zero attached hydrogens (tertiary/aromatic N) is 4. The molecule has 0 aliphatic carbocycles. The van der Waals surface area contributed by atoms with E-state index in [1.165, 1.54) is 7.05 Å². The van der Waals surface area contributed by atoms with Gasteiger partial charge in [-0.3, -0.25) is 0 Å². The fourth-order valence-corrected chi connectivity index (χ4v) is 2.96. The number of pyridine rings is 1. The first kappa shape index (κ1) is 23.3. The van der Waals surface area contributed by atoms with Crippen LogP contribution < -0.4 is 10.6 Å². The van der Waals surface area contributed by atoms with Gasteiger partial charge in [-0.1, -0.05) is 12.7 Å². The molecule has 32 heavy (non-hydrogen) atoms. The van der Waals surface area contributed by atoms with Gasteiger partial charge in [-0.15, -0.1) is 0 Å². The Morgan fingerprint density at radius 2 is 1.97 bits per heavy atom. The van der Waals surface area contributed by atoms with Gasteiger partial charge in [-0.25, -0.2) is 9.50 Å². The molecule has 1 atom stereocenters. The predicted octanol–water partition coefficient (Wildman–Crippen LogP) is 4.89. The summed E-state index contributed by atoms with van der Waals surface area (Å²) in [5, 5.41) is 10.6. The van der Waals surface area contributed by atoms with Gasteiger partial charge in [0.1, 0.15) is 11.7 Å². The minimum absolute atomic E-state index is 0.290. The van der Waals surface area contributed by atoms with Gasteiger partial charge >= 0.3 is 6.18 Å². The number of nitrogens with one attached hydrogen (secondary N) is 3. The first-order chi connectivity index (χ1) is 15.1. The molecule has 0 spiro atoms. The molecule has 4 heterocycles. The van der Waals surface area contributed by atoms with Crippen molar-refractivity contribution in [2.75, 3.05) is 12.4 Å². The number of alkyl halides is 3. The van der Waals surface area contributed by atoms with Crippen molar-refractivity contribution in [3.63, 3.8) is 0 Å². The molecule has 0 saturated heterocycles. The number of hydrogen-bond acceptors (Lipinski definition) is 5. The zero-order chi connectivity index (χ0) is 23.5. The summed E-state index contributed by atoms with van der Waals surface area (Å²) in [5.74, 6) is 0.631. The van der Waals surface area contributed by atoms with Crippen LogP contribution in [0.4, 0.5) is 19.1 Å². The lowest BCUT2D eigenvalue weighted by molar-refractivity contribution is -0.150. The Bertz CT molecular complexity index is 1210. The summed E-state index contributed by atoms with van der Waals surface area (Å²) in [7, 11) is 1.28. The normalized spacial score (nSPS) is 12.6. The average Bonchev–Trinajstić information content (AvgIpc) is 3.35. The van der Waals surface area contributed by atoms with Gasteiger partial charge in [-0.05, 0) is 45.5 Å². The Morgan fingerprint density at radius 3 is 2.56 bits per heavy atom. The molecule has 0 saturated carbocycles. The number of rotatable bonds is 5. The third-order valence-corrected chi connectivity index (χ3v) is 4.86. The van der Waals surface area contributed by atoms with E-state index in [0.717, 1.165) is 40.2 Å². The number of aromatic amines is 1. The van der Waals surface area contributed by atoms with Crippen molar-refractivity contribution >= 4 is 28.6 Å². The van der Waals surface area contributed by atoms with Gasteiger partial charge in [0.2, 0.25) is 5.95 Å². The van der Waals surface area contributed by atoms with E-state index >= 15 is 0 Å². The fourth-order valence-electron chi connectivity index (χ4n) is 2.96. The SMILES string of the molecule is C=Cc1cnn2ccc(-c3c[nH]c4nc(NC(C)C)ncc34)cc12.CNC(C)C(F)(F)F. The highest BCUT2D eigenvalue weighted by Crippen LogP contribution is 2.29. The Balaban J connectivity index is 0.000000312. The molecule has 10 heteroatoms. The van der Waals surface area contributed by atoms with Crippen LogP contribution >= 0.6 is 0 Å². The van der Waals surface area contributed by atoms with E-state index in [-0.39, 0.29) is 0 Å². The van der Waals surface area contributed by atoms with Gasteiger partial charge in [0.15, 0.2) is 0 Å². The van der Waals surface area contributed by atoms with E-state index in [1.54, 1.807) is 0 Å². The molecule has 7 nitrogen and oxygen atoms in total. The maximum absolute atomic E-state index is 11.4. The zero-order valence-corrected chi connectivity index (χ0v) is 18.3. The Kier molecular flexibility index (Phi) is 6.83. The molecule has 0 bridgehead atoms. The predicted molar refractivity (Wildman–Crippen MR) is 122 cm³/mol. The largest absolute Gasteiger partial charge is 0.403 e. The van der Waals surface area contributed by atoms with E-state index in [1.807, 2.05) is 41.4 Å². The molecule has 170 valence electrons. The van der Waals surface area contributed by atoms with Crippen molar-refractivity contribution in [1.82, 2.24) is 29.9 Å². The molecule has 4 aromatic rings. The minimum atomic E-state index is -4.10. The van der Waals surface area contributed by atoms with Crippen LogP contribution in [0.3, 0.4) is 0 Å². The summed E-state index contributed by atoms with van der Waals surface area (Å²) in [6.45, 7) is 9.03. The lowest BCUT2D eigenvalue weighted by atomic mass is 10.1. The Labute approximate surface area is 183 Å². The number of anilines is 1. The van der Waals surface area contributed by atoms with Crippen LogP contribution in [-0.4, -0.2) is 49.9 Å². The van der Waals surface area contributed by atoms with Crippen molar-refractivity contribution in [2.24, 2.45) is 0 Å². The number of halogens is 3. The van der Waals surface area contributed by atoms with Crippen molar-refractivity contribution in [1.29, 1.82) is 0 Å². The highest BCUT2D eigenvalue weighted by Gasteiger charge is 2.34. The second kappa shape index (κ2) is 9.39. The summed E-state index contributed by atoms with van der Waals surface area (Å²) in [6.07, 6.45) is 5.30. The van der Waals surface area contributed by atoms with Crippen molar-refractivity contribution in [3.05, 3.63) is 49.1 Å². The molecule has 0 amide bonds. The molecule has 1 unspecified atom stereocenters. The van der Waals surface area contributed by atoms with E-state index in [4.69, 9.17) is 0 Å². The zero-order valence-electron chi connectivity index (χ0n) is 18.3. The molecule has 0 radical (unpaired) electrons. The van der Waals surface area contributed by atoms with Crippen LogP contribution in [0.5, 0.6) is 0 Å². The van der Waals surface area contributed by atoms with Crippen LogP contribution in [0.25, 0.3) is 33.8 Å². The third kappa shape index (κ3) is 5.08. The monoisotopic (exact) mass is 445 g/mol. The van der Waals surface area contributed by atoms with E-state index < -0.39 is 12.2 Å². The third-order valence-electron chi connectivity index (χ3n) is 4.86. The van der Waals surface area contributed by atoms with Crippen LogP contribution in [0.15, 0.2) is 43.5 Å². The van der Waals surface area contributed by atoms with Gasteiger partial charge in [-0.2, -0.15) is 23.3 Å². The molecule has 3 N–H and O–H groups in total. The second-order valence-corrected chi connectivity index (χ2v) is 7.56. The van der Waals surface area contributed by atoms with Crippen LogP contribution in [-0.2, 0) is 0 Å². The quantitative estimate of drug-likeness (QED) is 0.407. The molecule has 4 rings (SSSR count).